The summed E-state index contributed by atoms with van der Waals surface area (Å²) in [7, 11) is -1.80. The molecule has 0 aliphatic carbocycles. The van der Waals surface area contributed by atoms with E-state index in [0.29, 0.717) is 22.8 Å². The second-order valence-electron chi connectivity index (χ2n) is 6.88. The maximum atomic E-state index is 12.9. The third-order valence-corrected chi connectivity index (χ3v) is 8.05. The third-order valence-electron chi connectivity index (χ3n) is 5.41. The molecule has 0 saturated carbocycles. The zero-order valence-corrected chi connectivity index (χ0v) is 16.9. The quantitative estimate of drug-likeness (QED) is 0.808. The van der Waals surface area contributed by atoms with E-state index in [1.807, 2.05) is 11.8 Å². The van der Waals surface area contributed by atoms with Crippen molar-refractivity contribution in [2.45, 2.75) is 37.1 Å². The molecule has 9 heteroatoms. The van der Waals surface area contributed by atoms with Crippen molar-refractivity contribution >= 4 is 21.8 Å². The molecular formula is C16H28N4O3S2. The van der Waals surface area contributed by atoms with Crippen LogP contribution in [-0.4, -0.2) is 73.0 Å². The van der Waals surface area contributed by atoms with Crippen LogP contribution in [0.4, 0.5) is 0 Å². The standard InChI is InChI=1S/C16H28N4O3S2/c1-13-15(14(2)19(3)18-13)25(21,22)17-12-16(4-10-24-11-5-16)20-6-8-23-9-7-20/h17H,4-12H2,1-3H3. The number of nitrogens with one attached hydrogen (secondary N) is 1. The number of thioether (sulfide) groups is 1. The van der Waals surface area contributed by atoms with Crippen molar-refractivity contribution in [2.24, 2.45) is 7.05 Å². The molecule has 0 aromatic carbocycles. The Labute approximate surface area is 154 Å². The zero-order chi connectivity index (χ0) is 18.1. The highest BCUT2D eigenvalue weighted by molar-refractivity contribution is 7.99. The fourth-order valence-electron chi connectivity index (χ4n) is 3.84. The number of rotatable bonds is 5. The molecule has 0 radical (unpaired) electrons. The molecule has 7 nitrogen and oxygen atoms in total. The summed E-state index contributed by atoms with van der Waals surface area (Å²) >= 11 is 1.95. The number of ether oxygens (including phenoxy) is 1. The molecule has 3 rings (SSSR count). The molecule has 142 valence electrons. The summed E-state index contributed by atoms with van der Waals surface area (Å²) in [6.45, 7) is 7.18. The van der Waals surface area contributed by atoms with Crippen LogP contribution in [0, 0.1) is 13.8 Å². The molecule has 2 fully saturated rings. The zero-order valence-electron chi connectivity index (χ0n) is 15.2. The minimum absolute atomic E-state index is 0.105. The molecule has 1 N–H and O–H groups in total. The molecule has 0 unspecified atom stereocenters. The molecule has 3 heterocycles. The van der Waals surface area contributed by atoms with Crippen LogP contribution >= 0.6 is 11.8 Å². The Bertz CT molecular complexity index is 705. The van der Waals surface area contributed by atoms with Crippen LogP contribution < -0.4 is 4.72 Å². The van der Waals surface area contributed by atoms with E-state index >= 15 is 0 Å². The van der Waals surface area contributed by atoms with E-state index in [-0.39, 0.29) is 5.54 Å². The average molecular weight is 389 g/mol. The fraction of sp³-hybridized carbons (Fsp3) is 0.812. The van der Waals surface area contributed by atoms with Crippen molar-refractivity contribution in [3.8, 4) is 0 Å². The van der Waals surface area contributed by atoms with Gasteiger partial charge >= 0.3 is 0 Å². The van der Waals surface area contributed by atoms with Gasteiger partial charge in [0.15, 0.2) is 0 Å². The summed E-state index contributed by atoms with van der Waals surface area (Å²) in [5, 5.41) is 4.25. The first-order valence-electron chi connectivity index (χ1n) is 8.76. The molecule has 0 amide bonds. The normalized spacial score (nSPS) is 22.2. The number of sulfonamides is 1. The molecule has 0 spiro atoms. The van der Waals surface area contributed by atoms with E-state index in [0.717, 1.165) is 50.7 Å². The molecule has 2 aliphatic rings. The summed E-state index contributed by atoms with van der Waals surface area (Å²) < 4.78 is 35.9. The molecule has 25 heavy (non-hydrogen) atoms. The minimum Gasteiger partial charge on any atom is -0.379 e. The van der Waals surface area contributed by atoms with Gasteiger partial charge in [-0.25, -0.2) is 13.1 Å². The third kappa shape index (κ3) is 3.90. The summed E-state index contributed by atoms with van der Waals surface area (Å²) in [6, 6.07) is 0. The van der Waals surface area contributed by atoms with Gasteiger partial charge in [0.25, 0.3) is 0 Å². The summed E-state index contributed by atoms with van der Waals surface area (Å²) in [6.07, 6.45) is 2.01. The number of nitrogens with zero attached hydrogens (tertiary/aromatic N) is 3. The van der Waals surface area contributed by atoms with Crippen LogP contribution in [0.2, 0.25) is 0 Å². The van der Waals surface area contributed by atoms with Gasteiger partial charge in [0.1, 0.15) is 4.90 Å². The van der Waals surface area contributed by atoms with Crippen LogP contribution in [0.25, 0.3) is 0 Å². The van der Waals surface area contributed by atoms with Gasteiger partial charge in [-0.1, -0.05) is 0 Å². The number of hydrogen-bond donors (Lipinski definition) is 1. The van der Waals surface area contributed by atoms with Gasteiger partial charge in [-0.05, 0) is 38.2 Å². The Morgan fingerprint density at radius 3 is 2.44 bits per heavy atom. The average Bonchev–Trinajstić information content (AvgIpc) is 2.87. The molecule has 1 aromatic heterocycles. The highest BCUT2D eigenvalue weighted by Gasteiger charge is 2.40. The summed E-state index contributed by atoms with van der Waals surface area (Å²) in [4.78, 5) is 2.75. The minimum atomic E-state index is -3.58. The molecule has 0 atom stereocenters. The van der Waals surface area contributed by atoms with E-state index in [2.05, 4.69) is 14.7 Å². The van der Waals surface area contributed by atoms with Gasteiger partial charge in [0.2, 0.25) is 10.0 Å². The predicted molar refractivity (Wildman–Crippen MR) is 99.6 cm³/mol. The SMILES string of the molecule is Cc1nn(C)c(C)c1S(=O)(=O)NCC1(N2CCOCC2)CCSCC1. The molecular weight excluding hydrogens is 360 g/mol. The number of morpholine rings is 1. The van der Waals surface area contributed by atoms with E-state index in [9.17, 15) is 8.42 Å². The lowest BCUT2D eigenvalue weighted by molar-refractivity contribution is -0.0242. The van der Waals surface area contributed by atoms with Crippen LogP contribution in [0.5, 0.6) is 0 Å². The second kappa shape index (κ2) is 7.56. The van der Waals surface area contributed by atoms with Crippen molar-refractivity contribution in [2.75, 3.05) is 44.4 Å². The van der Waals surface area contributed by atoms with Crippen molar-refractivity contribution in [1.82, 2.24) is 19.4 Å². The lowest BCUT2D eigenvalue weighted by Crippen LogP contribution is -2.60. The Balaban J connectivity index is 1.80. The molecule has 1 aromatic rings. The van der Waals surface area contributed by atoms with Crippen LogP contribution in [0.3, 0.4) is 0 Å². The topological polar surface area (TPSA) is 76.5 Å². The van der Waals surface area contributed by atoms with Gasteiger partial charge in [-0.3, -0.25) is 9.58 Å². The van der Waals surface area contributed by atoms with Crippen LogP contribution in [-0.2, 0) is 21.8 Å². The smallest absolute Gasteiger partial charge is 0.244 e. The number of hydrogen-bond acceptors (Lipinski definition) is 6. The Hall–Kier alpha value is -0.610. The van der Waals surface area contributed by atoms with Crippen LogP contribution in [0.1, 0.15) is 24.2 Å². The van der Waals surface area contributed by atoms with E-state index in [1.165, 1.54) is 0 Å². The lowest BCUT2D eigenvalue weighted by atomic mass is 9.89. The lowest BCUT2D eigenvalue weighted by Gasteiger charge is -2.48. The first-order chi connectivity index (χ1) is 11.9. The van der Waals surface area contributed by atoms with Crippen LogP contribution in [0.15, 0.2) is 4.90 Å². The summed E-state index contributed by atoms with van der Waals surface area (Å²) in [5.74, 6) is 2.15. The van der Waals surface area contributed by atoms with Crippen molar-refractivity contribution in [3.63, 3.8) is 0 Å². The first-order valence-corrected chi connectivity index (χ1v) is 11.4. The van der Waals surface area contributed by atoms with Gasteiger partial charge in [-0.15, -0.1) is 0 Å². The number of aryl methyl sites for hydroxylation is 2. The monoisotopic (exact) mass is 388 g/mol. The summed E-state index contributed by atoms with van der Waals surface area (Å²) in [5.41, 5.74) is 1.11. The predicted octanol–water partition coefficient (Wildman–Crippen LogP) is 0.913. The first kappa shape index (κ1) is 19.2. The number of aromatic nitrogens is 2. The van der Waals surface area contributed by atoms with Gasteiger partial charge in [-0.2, -0.15) is 16.9 Å². The van der Waals surface area contributed by atoms with Crippen molar-refractivity contribution < 1.29 is 13.2 Å². The Kier molecular flexibility index (Phi) is 5.79. The van der Waals surface area contributed by atoms with Gasteiger partial charge < -0.3 is 4.74 Å². The highest BCUT2D eigenvalue weighted by atomic mass is 32.2. The van der Waals surface area contributed by atoms with E-state index < -0.39 is 10.0 Å². The largest absolute Gasteiger partial charge is 0.379 e. The van der Waals surface area contributed by atoms with Gasteiger partial charge in [0.05, 0.1) is 24.6 Å². The van der Waals surface area contributed by atoms with Gasteiger partial charge in [0, 0.05) is 32.2 Å². The van der Waals surface area contributed by atoms with E-state index in [1.54, 1.807) is 25.6 Å². The van der Waals surface area contributed by atoms with E-state index in [4.69, 9.17) is 4.74 Å². The van der Waals surface area contributed by atoms with Crippen molar-refractivity contribution in [1.29, 1.82) is 0 Å². The second-order valence-corrected chi connectivity index (χ2v) is 9.81. The molecule has 2 saturated heterocycles. The Morgan fingerprint density at radius 1 is 1.24 bits per heavy atom. The fourth-order valence-corrected chi connectivity index (χ4v) is 6.64. The maximum absolute atomic E-state index is 12.9. The molecule has 2 aliphatic heterocycles. The van der Waals surface area contributed by atoms with Crippen molar-refractivity contribution in [3.05, 3.63) is 11.4 Å². The molecule has 0 bridgehead atoms. The maximum Gasteiger partial charge on any atom is 0.244 e. The highest BCUT2D eigenvalue weighted by Crippen LogP contribution is 2.33. The Morgan fingerprint density at radius 2 is 1.88 bits per heavy atom.